The number of hydrogen-bond acceptors (Lipinski definition) is 3. The highest BCUT2D eigenvalue weighted by atomic mass is 19.1. The largest absolute Gasteiger partial charge is 0.444 e. The van der Waals surface area contributed by atoms with Crippen molar-refractivity contribution >= 4 is 6.09 Å². The molecule has 1 amide bonds. The summed E-state index contributed by atoms with van der Waals surface area (Å²) >= 11 is 0. The van der Waals surface area contributed by atoms with Crippen LogP contribution in [0.5, 0.6) is 0 Å². The van der Waals surface area contributed by atoms with Gasteiger partial charge >= 0.3 is 6.09 Å². The Morgan fingerprint density at radius 2 is 2.06 bits per heavy atom. The van der Waals surface area contributed by atoms with Crippen molar-refractivity contribution in [3.63, 3.8) is 0 Å². The summed E-state index contributed by atoms with van der Waals surface area (Å²) in [6, 6.07) is -0.543. The maximum absolute atomic E-state index is 13.5. The molecule has 0 aliphatic heterocycles. The molecule has 0 saturated heterocycles. The number of hydrogen-bond donors (Lipinski definition) is 2. The summed E-state index contributed by atoms with van der Waals surface area (Å²) in [5, 5.41) is 11.7. The topological polar surface area (TPSA) is 58.6 Å². The highest BCUT2D eigenvalue weighted by molar-refractivity contribution is 5.68. The van der Waals surface area contributed by atoms with Gasteiger partial charge in [0.2, 0.25) is 0 Å². The van der Waals surface area contributed by atoms with Gasteiger partial charge in [-0.15, -0.1) is 0 Å². The lowest BCUT2D eigenvalue weighted by atomic mass is 9.91. The van der Waals surface area contributed by atoms with Crippen LogP contribution in [0.4, 0.5) is 9.18 Å². The molecule has 1 fully saturated rings. The molecule has 1 aliphatic rings. The number of alkyl carbamates (subject to hydrolysis) is 1. The van der Waals surface area contributed by atoms with E-state index in [0.29, 0.717) is 12.8 Å². The molecule has 94 valence electrons. The standard InChI is InChI=1S/C11H20FNO3/c1-11(2,3)16-10(15)13-9-5-4-7(14)6-8(9)12/h7-9,14H,4-6H2,1-3H3,(H,13,15). The van der Waals surface area contributed by atoms with Gasteiger partial charge in [0.1, 0.15) is 11.8 Å². The van der Waals surface area contributed by atoms with Crippen LogP contribution in [0.1, 0.15) is 40.0 Å². The summed E-state index contributed by atoms with van der Waals surface area (Å²) in [7, 11) is 0. The van der Waals surface area contributed by atoms with Crippen molar-refractivity contribution in [1.82, 2.24) is 5.32 Å². The van der Waals surface area contributed by atoms with E-state index < -0.39 is 30.0 Å². The van der Waals surface area contributed by atoms with E-state index >= 15 is 0 Å². The lowest BCUT2D eigenvalue weighted by molar-refractivity contribution is 0.0325. The minimum Gasteiger partial charge on any atom is -0.444 e. The quantitative estimate of drug-likeness (QED) is 0.725. The lowest BCUT2D eigenvalue weighted by Gasteiger charge is -2.30. The molecule has 1 saturated carbocycles. The Labute approximate surface area is 95.2 Å². The fourth-order valence-electron chi connectivity index (χ4n) is 1.72. The zero-order valence-corrected chi connectivity index (χ0v) is 10.00. The summed E-state index contributed by atoms with van der Waals surface area (Å²) in [5.74, 6) is 0. The number of carbonyl (C=O) groups is 1. The number of alkyl halides is 1. The molecule has 1 rings (SSSR count). The second kappa shape index (κ2) is 4.99. The molecule has 3 atom stereocenters. The Morgan fingerprint density at radius 1 is 1.44 bits per heavy atom. The molecule has 2 N–H and O–H groups in total. The van der Waals surface area contributed by atoms with Crippen molar-refractivity contribution in [3.05, 3.63) is 0 Å². The summed E-state index contributed by atoms with van der Waals surface area (Å²) < 4.78 is 18.5. The Morgan fingerprint density at radius 3 is 2.56 bits per heavy atom. The number of aliphatic hydroxyl groups is 1. The molecule has 0 aromatic carbocycles. The van der Waals surface area contributed by atoms with E-state index in [1.165, 1.54) is 0 Å². The number of aliphatic hydroxyl groups excluding tert-OH is 1. The van der Waals surface area contributed by atoms with E-state index in [1.807, 2.05) is 0 Å². The molecule has 0 bridgehead atoms. The molecule has 0 heterocycles. The summed E-state index contributed by atoms with van der Waals surface area (Å²) in [4.78, 5) is 11.4. The molecule has 5 heteroatoms. The first-order valence-corrected chi connectivity index (χ1v) is 5.59. The minimum atomic E-state index is -1.20. The van der Waals surface area contributed by atoms with Gasteiger partial charge in [-0.3, -0.25) is 0 Å². The maximum Gasteiger partial charge on any atom is 0.407 e. The first kappa shape index (κ1) is 13.2. The van der Waals surface area contributed by atoms with Crippen molar-refractivity contribution in [2.45, 2.75) is 64.0 Å². The van der Waals surface area contributed by atoms with Crippen LogP contribution in [0, 0.1) is 0 Å². The zero-order chi connectivity index (χ0) is 12.3. The molecule has 0 spiro atoms. The molecule has 16 heavy (non-hydrogen) atoms. The van der Waals surface area contributed by atoms with Crippen LogP contribution in [0.25, 0.3) is 0 Å². The van der Waals surface area contributed by atoms with Crippen molar-refractivity contribution < 1.29 is 19.0 Å². The van der Waals surface area contributed by atoms with E-state index in [-0.39, 0.29) is 6.42 Å². The third-order valence-electron chi connectivity index (χ3n) is 2.45. The SMILES string of the molecule is CC(C)(C)OC(=O)NC1CCC(O)CC1F. The first-order valence-electron chi connectivity index (χ1n) is 5.59. The third kappa shape index (κ3) is 4.35. The van der Waals surface area contributed by atoms with Crippen LogP contribution >= 0.6 is 0 Å². The molecule has 4 nitrogen and oxygen atoms in total. The molecular weight excluding hydrogens is 213 g/mol. The monoisotopic (exact) mass is 233 g/mol. The number of amides is 1. The molecule has 3 unspecified atom stereocenters. The fourth-order valence-corrected chi connectivity index (χ4v) is 1.72. The number of halogens is 1. The smallest absolute Gasteiger partial charge is 0.407 e. The van der Waals surface area contributed by atoms with Crippen molar-refractivity contribution in [2.24, 2.45) is 0 Å². The molecule has 0 aromatic rings. The van der Waals surface area contributed by atoms with Crippen LogP contribution in [0.2, 0.25) is 0 Å². The predicted octanol–water partition coefficient (Wildman–Crippen LogP) is 1.76. The van der Waals surface area contributed by atoms with E-state index in [2.05, 4.69) is 5.32 Å². The van der Waals surface area contributed by atoms with Gasteiger partial charge in [0.25, 0.3) is 0 Å². The Kier molecular flexibility index (Phi) is 4.13. The highest BCUT2D eigenvalue weighted by Gasteiger charge is 2.31. The van der Waals surface area contributed by atoms with Gasteiger partial charge in [-0.05, 0) is 33.6 Å². The van der Waals surface area contributed by atoms with Crippen molar-refractivity contribution in [1.29, 1.82) is 0 Å². The van der Waals surface area contributed by atoms with Crippen LogP contribution in [-0.4, -0.2) is 35.1 Å². The van der Waals surface area contributed by atoms with E-state index in [0.717, 1.165) is 0 Å². The van der Waals surface area contributed by atoms with E-state index in [1.54, 1.807) is 20.8 Å². The van der Waals surface area contributed by atoms with Gasteiger partial charge in [0.15, 0.2) is 0 Å². The van der Waals surface area contributed by atoms with Crippen LogP contribution < -0.4 is 5.32 Å². The van der Waals surface area contributed by atoms with Crippen molar-refractivity contribution in [2.75, 3.05) is 0 Å². The average molecular weight is 233 g/mol. The van der Waals surface area contributed by atoms with Gasteiger partial charge in [0, 0.05) is 6.42 Å². The normalized spacial score (nSPS) is 30.9. The van der Waals surface area contributed by atoms with Gasteiger partial charge in [0.05, 0.1) is 12.1 Å². The zero-order valence-electron chi connectivity index (χ0n) is 10.00. The number of ether oxygens (including phenoxy) is 1. The van der Waals surface area contributed by atoms with Crippen LogP contribution in [0.15, 0.2) is 0 Å². The molecule has 0 aromatic heterocycles. The average Bonchev–Trinajstić information content (AvgIpc) is 2.06. The van der Waals surface area contributed by atoms with E-state index in [9.17, 15) is 14.3 Å². The van der Waals surface area contributed by atoms with Crippen LogP contribution in [0.3, 0.4) is 0 Å². The summed E-state index contributed by atoms with van der Waals surface area (Å²) in [6.45, 7) is 5.26. The van der Waals surface area contributed by atoms with E-state index in [4.69, 9.17) is 4.74 Å². The summed E-state index contributed by atoms with van der Waals surface area (Å²) in [5.41, 5.74) is -0.579. The first-order chi connectivity index (χ1) is 7.28. The maximum atomic E-state index is 13.5. The van der Waals surface area contributed by atoms with Crippen molar-refractivity contribution in [3.8, 4) is 0 Å². The summed E-state index contributed by atoms with van der Waals surface area (Å²) in [6.07, 6.45) is -1.34. The second-order valence-electron chi connectivity index (χ2n) is 5.24. The number of carbonyl (C=O) groups excluding carboxylic acids is 1. The van der Waals surface area contributed by atoms with Gasteiger partial charge in [-0.1, -0.05) is 0 Å². The fraction of sp³-hybridized carbons (Fsp3) is 0.909. The molecular formula is C11H20FNO3. The van der Waals surface area contributed by atoms with Gasteiger partial charge < -0.3 is 15.2 Å². The molecule has 0 radical (unpaired) electrons. The minimum absolute atomic E-state index is 0.0838. The Balaban J connectivity index is 2.39. The van der Waals surface area contributed by atoms with Gasteiger partial charge in [-0.2, -0.15) is 0 Å². The second-order valence-corrected chi connectivity index (χ2v) is 5.24. The van der Waals surface area contributed by atoms with Gasteiger partial charge in [-0.25, -0.2) is 9.18 Å². The molecule has 1 aliphatic carbocycles. The highest BCUT2D eigenvalue weighted by Crippen LogP contribution is 2.22. The predicted molar refractivity (Wildman–Crippen MR) is 57.9 cm³/mol. The Hall–Kier alpha value is -0.840. The third-order valence-corrected chi connectivity index (χ3v) is 2.45. The van der Waals surface area contributed by atoms with Crippen LogP contribution in [-0.2, 0) is 4.74 Å². The Bertz CT molecular complexity index is 252. The number of rotatable bonds is 1. The lowest BCUT2D eigenvalue weighted by Crippen LogP contribution is -2.47. The number of nitrogens with one attached hydrogen (secondary N) is 1.